The van der Waals surface area contributed by atoms with Crippen molar-refractivity contribution in [2.24, 2.45) is 0 Å². The first-order chi connectivity index (χ1) is 15.6. The fourth-order valence-corrected chi connectivity index (χ4v) is 3.72. The Labute approximate surface area is 183 Å². The summed E-state index contributed by atoms with van der Waals surface area (Å²) in [5.41, 5.74) is 4.13. The van der Waals surface area contributed by atoms with Gasteiger partial charge in [0.2, 0.25) is 0 Å². The van der Waals surface area contributed by atoms with Gasteiger partial charge in [-0.1, -0.05) is 13.3 Å². The Morgan fingerprint density at radius 2 is 2.12 bits per heavy atom. The Hall–Kier alpha value is -3.85. The summed E-state index contributed by atoms with van der Waals surface area (Å²) >= 11 is 0. The Bertz CT molecular complexity index is 1360. The van der Waals surface area contributed by atoms with Gasteiger partial charge in [-0.05, 0) is 37.1 Å². The first-order valence-electron chi connectivity index (χ1n) is 10.5. The number of rotatable bonds is 7. The summed E-state index contributed by atoms with van der Waals surface area (Å²) in [7, 11) is 0. The number of unbranched alkanes of at least 4 members (excludes halogenated alkanes) is 1. The van der Waals surface area contributed by atoms with Crippen LogP contribution in [0.4, 0.5) is 10.1 Å². The number of aliphatic hydroxyl groups is 1. The number of pyridine rings is 2. The summed E-state index contributed by atoms with van der Waals surface area (Å²) in [6.07, 6.45) is 6.75. The van der Waals surface area contributed by atoms with E-state index in [-0.39, 0.29) is 0 Å². The zero-order valence-corrected chi connectivity index (χ0v) is 17.4. The smallest absolute Gasteiger partial charge is 0.160 e. The second kappa shape index (κ2) is 8.35. The highest BCUT2D eigenvalue weighted by molar-refractivity contribution is 5.95. The molecule has 0 aliphatic carbocycles. The lowest BCUT2D eigenvalue weighted by atomic mass is 10.0. The predicted octanol–water partition coefficient (Wildman–Crippen LogP) is 4.62. The minimum Gasteiger partial charge on any atom is -0.374 e. The van der Waals surface area contributed by atoms with Crippen LogP contribution in [-0.4, -0.2) is 41.5 Å². The number of imidazole rings is 1. The molecule has 162 valence electrons. The van der Waals surface area contributed by atoms with Crippen LogP contribution in [-0.2, 0) is 0 Å². The molecule has 0 saturated heterocycles. The normalized spacial score (nSPS) is 12.5. The van der Waals surface area contributed by atoms with Crippen LogP contribution in [0.1, 0.15) is 26.2 Å². The van der Waals surface area contributed by atoms with E-state index in [4.69, 9.17) is 0 Å². The third kappa shape index (κ3) is 3.78. The lowest BCUT2D eigenvalue weighted by molar-refractivity contribution is 0.190. The van der Waals surface area contributed by atoms with Crippen LogP contribution < -0.4 is 5.32 Å². The number of anilines is 1. The summed E-state index contributed by atoms with van der Waals surface area (Å²) in [6.45, 7) is 2.07. The van der Waals surface area contributed by atoms with Crippen molar-refractivity contribution >= 4 is 27.8 Å². The number of aromatic nitrogens is 6. The molecule has 1 aromatic carbocycles. The van der Waals surface area contributed by atoms with Gasteiger partial charge in [-0.25, -0.2) is 14.4 Å². The lowest BCUT2D eigenvalue weighted by Gasteiger charge is -2.14. The molecule has 0 fully saturated rings. The average Bonchev–Trinajstić information content (AvgIpc) is 3.40. The van der Waals surface area contributed by atoms with Gasteiger partial charge >= 0.3 is 0 Å². The number of fused-ring (bicyclic) bond motifs is 2. The molecule has 8 nitrogen and oxygen atoms in total. The highest BCUT2D eigenvalue weighted by Crippen LogP contribution is 2.32. The summed E-state index contributed by atoms with van der Waals surface area (Å²) in [5.74, 6) is 0.152. The van der Waals surface area contributed by atoms with E-state index in [1.165, 1.54) is 6.07 Å². The lowest BCUT2D eigenvalue weighted by Crippen LogP contribution is -2.18. The topological polar surface area (TPSA) is 115 Å². The van der Waals surface area contributed by atoms with Crippen LogP contribution in [0.5, 0.6) is 0 Å². The molecule has 0 aliphatic rings. The van der Waals surface area contributed by atoms with Gasteiger partial charge in [-0.3, -0.25) is 10.1 Å². The van der Waals surface area contributed by atoms with Crippen molar-refractivity contribution < 1.29 is 9.50 Å². The Morgan fingerprint density at radius 1 is 1.22 bits per heavy atom. The van der Waals surface area contributed by atoms with Crippen molar-refractivity contribution in [2.45, 2.75) is 32.4 Å². The summed E-state index contributed by atoms with van der Waals surface area (Å²) in [5, 5.41) is 21.1. The van der Waals surface area contributed by atoms with E-state index in [9.17, 15) is 9.50 Å². The van der Waals surface area contributed by atoms with Crippen LogP contribution in [0.25, 0.3) is 44.7 Å². The van der Waals surface area contributed by atoms with Crippen molar-refractivity contribution in [1.82, 2.24) is 30.1 Å². The SMILES string of the molecule is CCCCC(O)Nc1cncc(-c2cc3c(-c4nc5cccnc5[nH]4)n[nH]c3cc2F)c1. The molecule has 1 atom stereocenters. The zero-order valence-electron chi connectivity index (χ0n) is 17.4. The highest BCUT2D eigenvalue weighted by Gasteiger charge is 2.17. The van der Waals surface area contributed by atoms with E-state index in [2.05, 4.69) is 42.4 Å². The standard InChI is InChI=1S/C23H22FN7O/c1-2-3-6-20(32)27-14-8-13(11-25-12-14)15-9-16-19(10-17(15)24)30-31-21(16)23-28-18-5-4-7-26-22(18)29-23/h4-5,7-12,20,27,32H,2-3,6H2,1H3,(H,30,31)(H,26,28,29). The number of hydrogen-bond donors (Lipinski definition) is 4. The number of hydrogen-bond acceptors (Lipinski definition) is 6. The van der Waals surface area contributed by atoms with Gasteiger partial charge in [0.1, 0.15) is 23.3 Å². The summed E-state index contributed by atoms with van der Waals surface area (Å²) in [4.78, 5) is 16.2. The molecule has 0 bridgehead atoms. The molecule has 0 radical (unpaired) electrons. The Balaban J connectivity index is 1.53. The van der Waals surface area contributed by atoms with Gasteiger partial charge in [-0.15, -0.1) is 0 Å². The van der Waals surface area contributed by atoms with Gasteiger partial charge < -0.3 is 15.4 Å². The maximum absolute atomic E-state index is 15.0. The van der Waals surface area contributed by atoms with Crippen molar-refractivity contribution in [2.75, 3.05) is 5.32 Å². The molecule has 4 N–H and O–H groups in total. The quantitative estimate of drug-likeness (QED) is 0.280. The van der Waals surface area contributed by atoms with Crippen LogP contribution in [0.3, 0.4) is 0 Å². The molecule has 9 heteroatoms. The molecule has 4 aromatic heterocycles. The molecule has 5 aromatic rings. The summed E-state index contributed by atoms with van der Waals surface area (Å²) in [6, 6.07) is 8.60. The number of nitrogens with zero attached hydrogens (tertiary/aromatic N) is 4. The van der Waals surface area contributed by atoms with Crippen LogP contribution >= 0.6 is 0 Å². The molecule has 0 aliphatic heterocycles. The molecule has 32 heavy (non-hydrogen) atoms. The first-order valence-corrected chi connectivity index (χ1v) is 10.5. The second-order valence-corrected chi connectivity index (χ2v) is 7.67. The van der Waals surface area contributed by atoms with E-state index >= 15 is 0 Å². The number of aliphatic hydroxyl groups excluding tert-OH is 1. The van der Waals surface area contributed by atoms with Gasteiger partial charge in [0.15, 0.2) is 11.5 Å². The van der Waals surface area contributed by atoms with Gasteiger partial charge in [-0.2, -0.15) is 5.10 Å². The average molecular weight is 431 g/mol. The minimum atomic E-state index is -0.679. The number of benzene rings is 1. The van der Waals surface area contributed by atoms with Crippen molar-refractivity contribution in [3.05, 3.63) is 54.7 Å². The monoisotopic (exact) mass is 431 g/mol. The Kier molecular flexibility index (Phi) is 5.24. The van der Waals surface area contributed by atoms with Gasteiger partial charge in [0.05, 0.1) is 17.4 Å². The fraction of sp³-hybridized carbons (Fsp3) is 0.217. The zero-order chi connectivity index (χ0) is 22.1. The fourth-order valence-electron chi connectivity index (χ4n) is 3.72. The minimum absolute atomic E-state index is 0.383. The van der Waals surface area contributed by atoms with Crippen molar-refractivity contribution in [3.8, 4) is 22.6 Å². The number of nitrogens with one attached hydrogen (secondary N) is 3. The van der Waals surface area contributed by atoms with Crippen LogP contribution in [0.15, 0.2) is 48.9 Å². The molecular formula is C23H22FN7O. The molecule has 4 heterocycles. The molecule has 1 unspecified atom stereocenters. The number of H-pyrrole nitrogens is 2. The Morgan fingerprint density at radius 3 is 2.97 bits per heavy atom. The van der Waals surface area contributed by atoms with Gasteiger partial charge in [0.25, 0.3) is 0 Å². The highest BCUT2D eigenvalue weighted by atomic mass is 19.1. The molecule has 5 rings (SSSR count). The van der Waals surface area contributed by atoms with Gasteiger partial charge in [0, 0.05) is 35.0 Å². The molecule has 0 spiro atoms. The number of halogens is 1. The van der Waals surface area contributed by atoms with E-state index in [1.807, 2.05) is 12.1 Å². The van der Waals surface area contributed by atoms with Crippen LogP contribution in [0, 0.1) is 5.82 Å². The largest absolute Gasteiger partial charge is 0.374 e. The maximum Gasteiger partial charge on any atom is 0.160 e. The van der Waals surface area contributed by atoms with E-state index in [0.717, 1.165) is 23.7 Å². The molecule has 0 amide bonds. The van der Waals surface area contributed by atoms with E-state index < -0.39 is 12.0 Å². The third-order valence-electron chi connectivity index (χ3n) is 5.34. The molecular weight excluding hydrogens is 409 g/mol. The van der Waals surface area contributed by atoms with E-state index in [0.29, 0.717) is 45.9 Å². The van der Waals surface area contributed by atoms with E-state index in [1.54, 1.807) is 30.7 Å². The molecule has 0 saturated carbocycles. The van der Waals surface area contributed by atoms with Crippen molar-refractivity contribution in [3.63, 3.8) is 0 Å². The number of aromatic amines is 2. The first kappa shape index (κ1) is 20.1. The summed E-state index contributed by atoms with van der Waals surface area (Å²) < 4.78 is 15.0. The third-order valence-corrected chi connectivity index (χ3v) is 5.34. The van der Waals surface area contributed by atoms with Crippen LogP contribution in [0.2, 0.25) is 0 Å². The van der Waals surface area contributed by atoms with Crippen molar-refractivity contribution in [1.29, 1.82) is 0 Å². The maximum atomic E-state index is 15.0. The predicted molar refractivity (Wildman–Crippen MR) is 121 cm³/mol. The second-order valence-electron chi connectivity index (χ2n) is 7.67.